The molecule has 0 saturated carbocycles. The molecule has 0 amide bonds. The summed E-state index contributed by atoms with van der Waals surface area (Å²) in [5, 5.41) is 10.6. The zero-order valence-corrected chi connectivity index (χ0v) is 12.6. The van der Waals surface area contributed by atoms with Gasteiger partial charge in [0.05, 0.1) is 15.9 Å². The van der Waals surface area contributed by atoms with E-state index < -0.39 is 14.9 Å². The summed E-state index contributed by atoms with van der Waals surface area (Å²) >= 11 is 0. The monoisotopic (exact) mass is 314 g/mol. The Morgan fingerprint density at radius 3 is 2.43 bits per heavy atom. The van der Waals surface area contributed by atoms with Gasteiger partial charge in [-0.15, -0.1) is 0 Å². The van der Waals surface area contributed by atoms with Crippen LogP contribution in [0.3, 0.4) is 0 Å². The van der Waals surface area contributed by atoms with Gasteiger partial charge in [0.2, 0.25) is 10.0 Å². The third kappa shape index (κ3) is 3.58. The molecule has 0 aliphatic carbocycles. The number of nitro benzene ring substituents is 1. The van der Waals surface area contributed by atoms with E-state index in [0.717, 1.165) is 6.42 Å². The lowest BCUT2D eigenvalue weighted by Crippen LogP contribution is -2.43. The van der Waals surface area contributed by atoms with Crippen LogP contribution < -0.4 is 0 Å². The Bertz CT molecular complexity index is 595. The highest BCUT2D eigenvalue weighted by molar-refractivity contribution is 7.89. The van der Waals surface area contributed by atoms with Gasteiger partial charge in [0.25, 0.3) is 5.69 Å². The SMILES string of the molecule is CCCN(CC1CCO1)S(=O)(=O)c1ccc([N+](=O)[O-])cc1. The number of hydrogen-bond acceptors (Lipinski definition) is 5. The first-order valence-corrected chi connectivity index (χ1v) is 8.25. The van der Waals surface area contributed by atoms with E-state index >= 15 is 0 Å². The standard InChI is InChI=1S/C13H18N2O5S/c1-2-8-14(10-12-7-9-20-12)21(18,19)13-5-3-11(4-6-13)15(16)17/h3-6,12H,2,7-10H2,1H3. The molecule has 1 fully saturated rings. The number of hydrogen-bond donors (Lipinski definition) is 0. The predicted octanol–water partition coefficient (Wildman–Crippen LogP) is 1.78. The summed E-state index contributed by atoms with van der Waals surface area (Å²) in [7, 11) is -3.65. The van der Waals surface area contributed by atoms with Gasteiger partial charge in [-0.2, -0.15) is 4.31 Å². The maximum absolute atomic E-state index is 12.6. The Labute approximate surface area is 123 Å². The molecule has 8 heteroatoms. The van der Waals surface area contributed by atoms with Crippen LogP contribution in [0, 0.1) is 10.1 Å². The summed E-state index contributed by atoms with van der Waals surface area (Å²) in [5.74, 6) is 0. The van der Waals surface area contributed by atoms with Crippen LogP contribution in [-0.2, 0) is 14.8 Å². The molecule has 1 unspecified atom stereocenters. The second kappa shape index (κ2) is 6.50. The van der Waals surface area contributed by atoms with Gasteiger partial charge in [-0.25, -0.2) is 8.42 Å². The molecule has 1 aliphatic rings. The fourth-order valence-corrected chi connectivity index (χ4v) is 3.67. The first kappa shape index (κ1) is 15.9. The van der Waals surface area contributed by atoms with E-state index in [0.29, 0.717) is 26.1 Å². The van der Waals surface area contributed by atoms with Gasteiger partial charge in [-0.3, -0.25) is 10.1 Å². The highest BCUT2D eigenvalue weighted by atomic mass is 32.2. The van der Waals surface area contributed by atoms with E-state index in [9.17, 15) is 18.5 Å². The van der Waals surface area contributed by atoms with Crippen LogP contribution >= 0.6 is 0 Å². The van der Waals surface area contributed by atoms with Crippen molar-refractivity contribution in [1.82, 2.24) is 4.31 Å². The molecule has 7 nitrogen and oxygen atoms in total. The zero-order chi connectivity index (χ0) is 15.5. The number of nitrogens with zero attached hydrogens (tertiary/aromatic N) is 2. The van der Waals surface area contributed by atoms with Crippen LogP contribution in [0.4, 0.5) is 5.69 Å². The quantitative estimate of drug-likeness (QED) is 0.565. The molecule has 0 N–H and O–H groups in total. The summed E-state index contributed by atoms with van der Waals surface area (Å²) < 4.78 is 31.8. The van der Waals surface area contributed by atoms with Crippen molar-refractivity contribution in [3.63, 3.8) is 0 Å². The van der Waals surface area contributed by atoms with Crippen molar-refractivity contribution < 1.29 is 18.1 Å². The molecule has 0 aromatic heterocycles. The summed E-state index contributed by atoms with van der Waals surface area (Å²) in [6.45, 7) is 3.30. The van der Waals surface area contributed by atoms with Crippen LogP contribution in [0.2, 0.25) is 0 Å². The molecule has 1 saturated heterocycles. The first-order chi connectivity index (χ1) is 9.95. The number of benzene rings is 1. The Morgan fingerprint density at radius 1 is 1.38 bits per heavy atom. The minimum absolute atomic E-state index is 0.0515. The van der Waals surface area contributed by atoms with E-state index in [4.69, 9.17) is 4.74 Å². The summed E-state index contributed by atoms with van der Waals surface area (Å²) in [5.41, 5.74) is -0.127. The third-order valence-electron chi connectivity index (χ3n) is 3.36. The lowest BCUT2D eigenvalue weighted by atomic mass is 10.2. The molecule has 1 aromatic carbocycles. The Kier molecular flexibility index (Phi) is 4.92. The van der Waals surface area contributed by atoms with Crippen LogP contribution in [0.25, 0.3) is 0 Å². The minimum atomic E-state index is -3.65. The maximum atomic E-state index is 12.6. The molecule has 116 valence electrons. The molecule has 1 aromatic rings. The Morgan fingerprint density at radius 2 is 2.00 bits per heavy atom. The molecule has 0 radical (unpaired) electrons. The normalized spacial score (nSPS) is 18.5. The molecule has 2 rings (SSSR count). The van der Waals surface area contributed by atoms with Gasteiger partial charge in [0.1, 0.15) is 0 Å². The highest BCUT2D eigenvalue weighted by Gasteiger charge is 2.29. The lowest BCUT2D eigenvalue weighted by Gasteiger charge is -2.32. The van der Waals surface area contributed by atoms with Gasteiger partial charge >= 0.3 is 0 Å². The Balaban J connectivity index is 2.21. The molecule has 1 aliphatic heterocycles. The second-order valence-corrected chi connectivity index (χ2v) is 6.83. The van der Waals surface area contributed by atoms with Gasteiger partial charge in [0.15, 0.2) is 0 Å². The molecule has 1 atom stereocenters. The van der Waals surface area contributed by atoms with Crippen molar-refractivity contribution in [3.05, 3.63) is 34.4 Å². The molecular weight excluding hydrogens is 296 g/mol. The summed E-state index contributed by atoms with van der Waals surface area (Å²) in [6.07, 6.45) is 1.50. The van der Waals surface area contributed by atoms with Crippen LogP contribution in [0.15, 0.2) is 29.2 Å². The fourth-order valence-electron chi connectivity index (χ4n) is 2.10. The minimum Gasteiger partial charge on any atom is -0.377 e. The molecule has 0 bridgehead atoms. The van der Waals surface area contributed by atoms with E-state index in [-0.39, 0.29) is 16.7 Å². The van der Waals surface area contributed by atoms with Crippen molar-refractivity contribution in [2.75, 3.05) is 19.7 Å². The largest absolute Gasteiger partial charge is 0.377 e. The Hall–Kier alpha value is -1.51. The summed E-state index contributed by atoms with van der Waals surface area (Å²) in [4.78, 5) is 10.1. The van der Waals surface area contributed by atoms with E-state index in [1.165, 1.54) is 28.6 Å². The highest BCUT2D eigenvalue weighted by Crippen LogP contribution is 2.22. The molecular formula is C13H18N2O5S. The van der Waals surface area contributed by atoms with Crippen molar-refractivity contribution in [2.45, 2.75) is 30.8 Å². The smallest absolute Gasteiger partial charge is 0.269 e. The molecule has 1 heterocycles. The fraction of sp³-hybridized carbons (Fsp3) is 0.538. The van der Waals surface area contributed by atoms with E-state index in [2.05, 4.69) is 0 Å². The van der Waals surface area contributed by atoms with Crippen molar-refractivity contribution in [1.29, 1.82) is 0 Å². The van der Waals surface area contributed by atoms with Gasteiger partial charge in [-0.05, 0) is 25.0 Å². The first-order valence-electron chi connectivity index (χ1n) is 6.81. The van der Waals surface area contributed by atoms with E-state index in [1.54, 1.807) is 0 Å². The van der Waals surface area contributed by atoms with Crippen LogP contribution in [0.1, 0.15) is 19.8 Å². The van der Waals surface area contributed by atoms with Gasteiger partial charge < -0.3 is 4.74 Å². The van der Waals surface area contributed by atoms with Crippen LogP contribution in [-0.4, -0.2) is 43.4 Å². The summed E-state index contributed by atoms with van der Waals surface area (Å²) in [6, 6.07) is 4.96. The van der Waals surface area contributed by atoms with Gasteiger partial charge in [0, 0.05) is 31.8 Å². The maximum Gasteiger partial charge on any atom is 0.269 e. The number of rotatable bonds is 7. The topological polar surface area (TPSA) is 89.8 Å². The third-order valence-corrected chi connectivity index (χ3v) is 5.24. The molecule has 0 spiro atoms. The number of non-ortho nitro benzene ring substituents is 1. The number of sulfonamides is 1. The lowest BCUT2D eigenvalue weighted by molar-refractivity contribution is -0.384. The van der Waals surface area contributed by atoms with Gasteiger partial charge in [-0.1, -0.05) is 6.92 Å². The average Bonchev–Trinajstić information content (AvgIpc) is 2.41. The average molecular weight is 314 g/mol. The number of ether oxygens (including phenoxy) is 1. The van der Waals surface area contributed by atoms with Crippen molar-refractivity contribution in [2.24, 2.45) is 0 Å². The predicted molar refractivity (Wildman–Crippen MR) is 76.5 cm³/mol. The van der Waals surface area contributed by atoms with E-state index in [1.807, 2.05) is 6.92 Å². The second-order valence-electron chi connectivity index (χ2n) is 4.90. The van der Waals surface area contributed by atoms with Crippen molar-refractivity contribution in [3.8, 4) is 0 Å². The number of nitro groups is 1. The van der Waals surface area contributed by atoms with Crippen molar-refractivity contribution >= 4 is 15.7 Å². The zero-order valence-electron chi connectivity index (χ0n) is 11.8. The van der Waals surface area contributed by atoms with Crippen LogP contribution in [0.5, 0.6) is 0 Å². The molecule has 21 heavy (non-hydrogen) atoms.